The Kier molecular flexibility index (Phi) is 5.17. The lowest BCUT2D eigenvalue weighted by Crippen LogP contribution is -2.60. The first kappa shape index (κ1) is 20.4. The fourth-order valence-corrected chi connectivity index (χ4v) is 8.52. The molecule has 0 aromatic heterocycles. The summed E-state index contributed by atoms with van der Waals surface area (Å²) in [5.74, 6) is 2.13. The molecule has 2 N–H and O–H groups in total. The molecule has 4 heteroatoms. The Labute approximate surface area is 169 Å². The average molecular weight is 391 g/mol. The number of fused-ring (bicyclic) bond motifs is 5. The Morgan fingerprint density at radius 3 is 2.57 bits per heavy atom. The Morgan fingerprint density at radius 1 is 1.11 bits per heavy atom. The minimum atomic E-state index is -0.737. The van der Waals surface area contributed by atoms with Crippen molar-refractivity contribution in [3.63, 3.8) is 0 Å². The van der Waals surface area contributed by atoms with E-state index in [-0.39, 0.29) is 29.3 Å². The lowest BCUT2D eigenvalue weighted by molar-refractivity contribution is -0.175. The summed E-state index contributed by atoms with van der Waals surface area (Å²) in [6.07, 6.45) is 9.03. The van der Waals surface area contributed by atoms with Gasteiger partial charge in [-0.05, 0) is 85.9 Å². The van der Waals surface area contributed by atoms with E-state index in [4.69, 9.17) is 5.11 Å². The largest absolute Gasteiger partial charge is 0.481 e. The molecule has 0 radical (unpaired) electrons. The highest BCUT2D eigenvalue weighted by Crippen LogP contribution is 2.67. The van der Waals surface area contributed by atoms with Crippen molar-refractivity contribution in [1.29, 1.82) is 0 Å². The molecule has 4 rings (SSSR count). The third kappa shape index (κ3) is 2.80. The van der Waals surface area contributed by atoms with Crippen LogP contribution in [-0.2, 0) is 9.59 Å². The quantitative estimate of drug-likeness (QED) is 0.730. The molecule has 0 spiro atoms. The van der Waals surface area contributed by atoms with E-state index in [0.29, 0.717) is 48.2 Å². The summed E-state index contributed by atoms with van der Waals surface area (Å²) in [6.45, 7) is 6.65. The van der Waals surface area contributed by atoms with Crippen LogP contribution in [0.5, 0.6) is 0 Å². The molecule has 4 fully saturated rings. The fourth-order valence-electron chi connectivity index (χ4n) is 8.52. The molecule has 0 amide bonds. The van der Waals surface area contributed by atoms with E-state index >= 15 is 0 Å². The number of aliphatic hydroxyl groups is 1. The number of carboxylic acid groups (broad SMARTS) is 1. The van der Waals surface area contributed by atoms with Crippen molar-refractivity contribution in [2.45, 2.75) is 91.1 Å². The van der Waals surface area contributed by atoms with E-state index in [0.717, 1.165) is 25.7 Å². The number of aliphatic carboxylic acids is 1. The third-order valence-corrected chi connectivity index (χ3v) is 10.1. The van der Waals surface area contributed by atoms with Gasteiger partial charge in [0.05, 0.1) is 6.10 Å². The van der Waals surface area contributed by atoms with Gasteiger partial charge in [-0.1, -0.05) is 27.2 Å². The maximum absolute atomic E-state index is 13.6. The second kappa shape index (κ2) is 7.11. The van der Waals surface area contributed by atoms with Crippen LogP contribution >= 0.6 is 0 Å². The van der Waals surface area contributed by atoms with Crippen LogP contribution in [0.4, 0.5) is 0 Å². The molecule has 0 aromatic carbocycles. The van der Waals surface area contributed by atoms with E-state index in [2.05, 4.69) is 20.8 Å². The van der Waals surface area contributed by atoms with Gasteiger partial charge in [-0.25, -0.2) is 0 Å². The average Bonchev–Trinajstić information content (AvgIpc) is 3.01. The number of carbonyl (C=O) groups excluding carboxylic acids is 1. The Hall–Kier alpha value is -0.900. The van der Waals surface area contributed by atoms with Crippen molar-refractivity contribution in [1.82, 2.24) is 0 Å². The molecular weight excluding hydrogens is 352 g/mol. The number of ketones is 1. The van der Waals surface area contributed by atoms with Gasteiger partial charge in [-0.2, -0.15) is 0 Å². The van der Waals surface area contributed by atoms with Gasteiger partial charge in [0, 0.05) is 18.3 Å². The SMILES string of the molecule is C[C@H](CCC(=O)O)[C@H]1CC[C@H]2[C@@H]3CC[C@@H]4CCCC(O)[C@]4(C)[C@H]3CC(=O)[C@]12C. The van der Waals surface area contributed by atoms with Gasteiger partial charge in [0.15, 0.2) is 0 Å². The normalized spacial score (nSPS) is 49.1. The Bertz CT molecular complexity index is 645. The molecule has 158 valence electrons. The van der Waals surface area contributed by atoms with Crippen LogP contribution in [0.1, 0.15) is 85.0 Å². The minimum Gasteiger partial charge on any atom is -0.481 e. The third-order valence-electron chi connectivity index (χ3n) is 10.1. The molecule has 4 saturated carbocycles. The first-order valence-corrected chi connectivity index (χ1v) is 11.6. The minimum absolute atomic E-state index is 0.0921. The number of hydrogen-bond donors (Lipinski definition) is 2. The predicted octanol–water partition coefficient (Wildman–Crippen LogP) is 4.69. The van der Waals surface area contributed by atoms with Crippen molar-refractivity contribution in [2.24, 2.45) is 46.3 Å². The van der Waals surface area contributed by atoms with Crippen LogP contribution < -0.4 is 0 Å². The zero-order chi connectivity index (χ0) is 20.3. The molecule has 0 aliphatic heterocycles. The summed E-state index contributed by atoms with van der Waals surface area (Å²) in [6, 6.07) is 0. The van der Waals surface area contributed by atoms with Gasteiger partial charge in [-0.3, -0.25) is 9.59 Å². The molecule has 9 atom stereocenters. The van der Waals surface area contributed by atoms with Crippen molar-refractivity contribution >= 4 is 11.8 Å². The number of rotatable bonds is 4. The van der Waals surface area contributed by atoms with Gasteiger partial charge >= 0.3 is 5.97 Å². The van der Waals surface area contributed by atoms with Crippen LogP contribution in [0.15, 0.2) is 0 Å². The number of hydrogen-bond acceptors (Lipinski definition) is 3. The van der Waals surface area contributed by atoms with Gasteiger partial charge in [0.1, 0.15) is 5.78 Å². The molecule has 4 aliphatic carbocycles. The summed E-state index contributed by atoms with van der Waals surface area (Å²) in [5, 5.41) is 20.1. The maximum atomic E-state index is 13.6. The summed E-state index contributed by atoms with van der Waals surface area (Å²) < 4.78 is 0. The Balaban J connectivity index is 1.60. The number of carbonyl (C=O) groups is 2. The van der Waals surface area contributed by atoms with Crippen LogP contribution in [-0.4, -0.2) is 28.1 Å². The summed E-state index contributed by atoms with van der Waals surface area (Å²) >= 11 is 0. The van der Waals surface area contributed by atoms with E-state index < -0.39 is 5.97 Å². The van der Waals surface area contributed by atoms with E-state index in [1.807, 2.05) is 0 Å². The van der Waals surface area contributed by atoms with Crippen LogP contribution in [0, 0.1) is 46.3 Å². The highest BCUT2D eigenvalue weighted by atomic mass is 16.4. The molecule has 28 heavy (non-hydrogen) atoms. The van der Waals surface area contributed by atoms with Crippen molar-refractivity contribution in [3.05, 3.63) is 0 Å². The molecule has 4 aliphatic rings. The van der Waals surface area contributed by atoms with E-state index in [9.17, 15) is 14.7 Å². The van der Waals surface area contributed by atoms with Crippen LogP contribution in [0.2, 0.25) is 0 Å². The van der Waals surface area contributed by atoms with Gasteiger partial charge in [-0.15, -0.1) is 0 Å². The van der Waals surface area contributed by atoms with Gasteiger partial charge < -0.3 is 10.2 Å². The first-order chi connectivity index (χ1) is 13.2. The van der Waals surface area contributed by atoms with E-state index in [1.54, 1.807) is 0 Å². The topological polar surface area (TPSA) is 74.6 Å². The lowest BCUT2D eigenvalue weighted by atomic mass is 9.43. The fraction of sp³-hybridized carbons (Fsp3) is 0.917. The molecule has 1 unspecified atom stereocenters. The van der Waals surface area contributed by atoms with Gasteiger partial charge in [0.25, 0.3) is 0 Å². The second-order valence-electron chi connectivity index (χ2n) is 11.0. The molecular formula is C24H38O4. The molecule has 0 heterocycles. The van der Waals surface area contributed by atoms with Crippen molar-refractivity contribution < 1.29 is 19.8 Å². The zero-order valence-corrected chi connectivity index (χ0v) is 17.8. The maximum Gasteiger partial charge on any atom is 0.303 e. The number of carboxylic acids is 1. The molecule has 4 nitrogen and oxygen atoms in total. The smallest absolute Gasteiger partial charge is 0.303 e. The van der Waals surface area contributed by atoms with Crippen molar-refractivity contribution in [2.75, 3.05) is 0 Å². The van der Waals surface area contributed by atoms with Gasteiger partial charge in [0.2, 0.25) is 0 Å². The monoisotopic (exact) mass is 390 g/mol. The number of Topliss-reactive ketones (excluding diaryl/α,β-unsaturated/α-hetero) is 1. The molecule has 0 bridgehead atoms. The Morgan fingerprint density at radius 2 is 1.86 bits per heavy atom. The highest BCUT2D eigenvalue weighted by Gasteiger charge is 2.64. The van der Waals surface area contributed by atoms with Crippen molar-refractivity contribution in [3.8, 4) is 0 Å². The summed E-state index contributed by atoms with van der Waals surface area (Å²) in [5.41, 5.74) is -0.382. The van der Waals surface area contributed by atoms with E-state index in [1.165, 1.54) is 19.3 Å². The second-order valence-corrected chi connectivity index (χ2v) is 11.0. The summed E-state index contributed by atoms with van der Waals surface area (Å²) in [7, 11) is 0. The molecule has 0 aromatic rings. The standard InChI is InChI=1S/C24H38O4/c1-14(7-12-22(27)28)17-10-11-18-16-9-8-15-5-4-6-20(25)23(15,2)19(16)13-21(26)24(17,18)3/h14-20,25H,4-13H2,1-3H3,(H,27,28)/t14-,15+,16+,17-,18+,19+,20?,23+,24-/m1/s1. The summed E-state index contributed by atoms with van der Waals surface area (Å²) in [4.78, 5) is 24.7. The zero-order valence-electron chi connectivity index (χ0n) is 17.8. The lowest BCUT2D eigenvalue weighted by Gasteiger charge is -2.61. The molecule has 0 saturated heterocycles. The predicted molar refractivity (Wildman–Crippen MR) is 108 cm³/mol. The van der Waals surface area contributed by atoms with Crippen LogP contribution in [0.3, 0.4) is 0 Å². The highest BCUT2D eigenvalue weighted by molar-refractivity contribution is 5.87. The van der Waals surface area contributed by atoms with Crippen LogP contribution in [0.25, 0.3) is 0 Å². The number of aliphatic hydroxyl groups excluding tert-OH is 1. The first-order valence-electron chi connectivity index (χ1n) is 11.6.